The van der Waals surface area contributed by atoms with Crippen molar-refractivity contribution in [1.29, 1.82) is 0 Å². The fourth-order valence-electron chi connectivity index (χ4n) is 4.95. The number of alkyl carbamates (subject to hydrolysis) is 1. The van der Waals surface area contributed by atoms with Gasteiger partial charge < -0.3 is 15.2 Å². The number of benzene rings is 2. The third kappa shape index (κ3) is 4.14. The Bertz CT molecular complexity index is 1250. The van der Waals surface area contributed by atoms with Crippen molar-refractivity contribution in [2.24, 2.45) is 0 Å². The van der Waals surface area contributed by atoms with Crippen molar-refractivity contribution in [1.82, 2.24) is 15.1 Å². The van der Waals surface area contributed by atoms with Gasteiger partial charge in [-0.1, -0.05) is 55.5 Å². The van der Waals surface area contributed by atoms with Crippen LogP contribution in [0, 0.1) is 0 Å². The van der Waals surface area contributed by atoms with Gasteiger partial charge >= 0.3 is 12.1 Å². The predicted octanol–water partition coefficient (Wildman–Crippen LogP) is 3.64. The summed E-state index contributed by atoms with van der Waals surface area (Å²) in [7, 11) is 0. The van der Waals surface area contributed by atoms with Crippen molar-refractivity contribution in [3.8, 4) is 11.1 Å². The molecule has 1 atom stereocenters. The Morgan fingerprint density at radius 3 is 2.37 bits per heavy atom. The smallest absolute Gasteiger partial charge is 0.407 e. The zero-order chi connectivity index (χ0) is 24.5. The standard InChI is InChI=1S/C26H26N4O5/c1-2-16(13-23(31)29-11-12-30-24(29)21(14-27-30)25(32)33)28-26(34)35-15-22-19-9-5-3-7-17(19)18-8-4-6-10-20(18)22/h3-10,14,16,22H,2,11-13,15H2,1H3,(H,28,34)(H,32,33)/t16-/m1/s1. The predicted molar refractivity (Wildman–Crippen MR) is 128 cm³/mol. The molecule has 180 valence electrons. The largest absolute Gasteiger partial charge is 0.477 e. The molecule has 1 aliphatic heterocycles. The minimum atomic E-state index is -1.13. The van der Waals surface area contributed by atoms with Crippen LogP contribution < -0.4 is 10.2 Å². The van der Waals surface area contributed by atoms with E-state index in [-0.39, 0.29) is 30.4 Å². The fourth-order valence-corrected chi connectivity index (χ4v) is 4.95. The molecule has 2 N–H and O–H groups in total. The van der Waals surface area contributed by atoms with Gasteiger partial charge in [0.1, 0.15) is 18.0 Å². The lowest BCUT2D eigenvalue weighted by Gasteiger charge is -2.21. The van der Waals surface area contributed by atoms with Crippen LogP contribution in [0.5, 0.6) is 0 Å². The van der Waals surface area contributed by atoms with Crippen LogP contribution in [0.4, 0.5) is 10.6 Å². The Morgan fingerprint density at radius 2 is 1.74 bits per heavy atom. The van der Waals surface area contributed by atoms with E-state index in [1.807, 2.05) is 31.2 Å². The molecular weight excluding hydrogens is 448 g/mol. The Kier molecular flexibility index (Phi) is 5.98. The lowest BCUT2D eigenvalue weighted by atomic mass is 9.98. The molecule has 0 saturated heterocycles. The number of nitrogens with one attached hydrogen (secondary N) is 1. The van der Waals surface area contributed by atoms with Gasteiger partial charge in [0.15, 0.2) is 0 Å². The molecule has 0 unspecified atom stereocenters. The number of carbonyl (C=O) groups excluding carboxylic acids is 2. The molecule has 2 aliphatic rings. The third-order valence-corrected chi connectivity index (χ3v) is 6.71. The van der Waals surface area contributed by atoms with Crippen LogP contribution in [0.1, 0.15) is 47.2 Å². The topological polar surface area (TPSA) is 114 Å². The number of nitrogens with zero attached hydrogens (tertiary/aromatic N) is 3. The van der Waals surface area contributed by atoms with Crippen LogP contribution in [0.25, 0.3) is 11.1 Å². The molecule has 0 fully saturated rings. The Balaban J connectivity index is 1.21. The second-order valence-corrected chi connectivity index (χ2v) is 8.73. The van der Waals surface area contributed by atoms with Crippen molar-refractivity contribution < 1.29 is 24.2 Å². The van der Waals surface area contributed by atoms with Gasteiger partial charge in [-0.25, -0.2) is 14.3 Å². The third-order valence-electron chi connectivity index (χ3n) is 6.71. The van der Waals surface area contributed by atoms with E-state index in [1.54, 1.807) is 0 Å². The molecule has 35 heavy (non-hydrogen) atoms. The Hall–Kier alpha value is -4.14. The summed E-state index contributed by atoms with van der Waals surface area (Å²) in [5.41, 5.74) is 4.56. The number of amides is 2. The van der Waals surface area contributed by atoms with Crippen LogP contribution in [-0.2, 0) is 16.1 Å². The van der Waals surface area contributed by atoms with E-state index in [1.165, 1.54) is 15.8 Å². The van der Waals surface area contributed by atoms with E-state index in [9.17, 15) is 19.5 Å². The molecule has 1 aromatic heterocycles. The van der Waals surface area contributed by atoms with Gasteiger partial charge in [0.25, 0.3) is 0 Å². The average Bonchev–Trinajstić information content (AvgIpc) is 3.54. The first kappa shape index (κ1) is 22.6. The van der Waals surface area contributed by atoms with Crippen molar-refractivity contribution in [3.05, 3.63) is 71.4 Å². The number of fused-ring (bicyclic) bond motifs is 4. The zero-order valence-electron chi connectivity index (χ0n) is 19.3. The number of ether oxygens (including phenoxy) is 1. The fraction of sp³-hybridized carbons (Fsp3) is 0.308. The number of anilines is 1. The summed E-state index contributed by atoms with van der Waals surface area (Å²) in [6.45, 7) is 2.85. The SMILES string of the molecule is CC[C@H](CC(=O)N1CCn2ncc(C(=O)O)c21)NC(=O)OCC1c2ccccc2-c2ccccc21. The van der Waals surface area contributed by atoms with Gasteiger partial charge in [0, 0.05) is 24.9 Å². The summed E-state index contributed by atoms with van der Waals surface area (Å²) < 4.78 is 7.12. The molecule has 0 radical (unpaired) electrons. The van der Waals surface area contributed by atoms with Gasteiger partial charge in [-0.15, -0.1) is 0 Å². The maximum atomic E-state index is 13.0. The molecule has 5 rings (SSSR count). The van der Waals surface area contributed by atoms with Crippen molar-refractivity contribution in [2.75, 3.05) is 18.1 Å². The molecule has 0 spiro atoms. The number of carbonyl (C=O) groups is 3. The average molecular weight is 475 g/mol. The van der Waals surface area contributed by atoms with Gasteiger partial charge in [-0.05, 0) is 28.7 Å². The minimum Gasteiger partial charge on any atom is -0.477 e. The summed E-state index contributed by atoms with van der Waals surface area (Å²) in [6, 6.07) is 15.8. The van der Waals surface area contributed by atoms with Crippen LogP contribution in [-0.4, -0.2) is 52.1 Å². The number of aromatic carboxylic acids is 1. The van der Waals surface area contributed by atoms with E-state index < -0.39 is 18.1 Å². The molecule has 0 saturated carbocycles. The zero-order valence-corrected chi connectivity index (χ0v) is 19.3. The molecular formula is C26H26N4O5. The van der Waals surface area contributed by atoms with Crippen molar-refractivity contribution >= 4 is 23.8 Å². The lowest BCUT2D eigenvalue weighted by molar-refractivity contribution is -0.119. The number of hydrogen-bond donors (Lipinski definition) is 2. The van der Waals surface area contributed by atoms with E-state index in [0.29, 0.717) is 25.3 Å². The van der Waals surface area contributed by atoms with E-state index >= 15 is 0 Å². The van der Waals surface area contributed by atoms with Crippen molar-refractivity contribution in [3.63, 3.8) is 0 Å². The van der Waals surface area contributed by atoms with Crippen LogP contribution >= 0.6 is 0 Å². The molecule has 0 bridgehead atoms. The highest BCUT2D eigenvalue weighted by Crippen LogP contribution is 2.44. The van der Waals surface area contributed by atoms with Gasteiger partial charge in [-0.2, -0.15) is 5.10 Å². The molecule has 2 heterocycles. The normalized spacial score (nSPS) is 14.7. The second-order valence-electron chi connectivity index (χ2n) is 8.73. The van der Waals surface area contributed by atoms with E-state index in [4.69, 9.17) is 4.74 Å². The van der Waals surface area contributed by atoms with Crippen LogP contribution in [0.3, 0.4) is 0 Å². The van der Waals surface area contributed by atoms with Gasteiger partial charge in [-0.3, -0.25) is 9.69 Å². The number of carboxylic acids is 1. The first-order chi connectivity index (χ1) is 17.0. The van der Waals surface area contributed by atoms with E-state index in [2.05, 4.69) is 34.7 Å². The number of hydrogen-bond acceptors (Lipinski definition) is 5. The molecule has 9 nitrogen and oxygen atoms in total. The molecule has 1 aliphatic carbocycles. The van der Waals surface area contributed by atoms with E-state index in [0.717, 1.165) is 22.3 Å². The number of rotatable bonds is 7. The summed E-state index contributed by atoms with van der Waals surface area (Å²) in [5.74, 6) is -1.15. The van der Waals surface area contributed by atoms with Crippen LogP contribution in [0.15, 0.2) is 54.7 Å². The maximum Gasteiger partial charge on any atom is 0.407 e. The first-order valence-corrected chi connectivity index (χ1v) is 11.7. The highest BCUT2D eigenvalue weighted by Gasteiger charge is 2.33. The Labute approximate surface area is 202 Å². The molecule has 2 aromatic carbocycles. The van der Waals surface area contributed by atoms with Crippen LogP contribution in [0.2, 0.25) is 0 Å². The number of carboxylic acid groups (broad SMARTS) is 1. The highest BCUT2D eigenvalue weighted by molar-refractivity contribution is 6.01. The lowest BCUT2D eigenvalue weighted by Crippen LogP contribution is -2.41. The second kappa shape index (κ2) is 9.25. The summed E-state index contributed by atoms with van der Waals surface area (Å²) >= 11 is 0. The summed E-state index contributed by atoms with van der Waals surface area (Å²) in [4.78, 5) is 38.5. The summed E-state index contributed by atoms with van der Waals surface area (Å²) in [6.07, 6.45) is 1.23. The van der Waals surface area contributed by atoms with Gasteiger partial charge in [0.2, 0.25) is 5.91 Å². The number of aromatic nitrogens is 2. The monoisotopic (exact) mass is 474 g/mol. The quantitative estimate of drug-likeness (QED) is 0.541. The van der Waals surface area contributed by atoms with Gasteiger partial charge in [0.05, 0.1) is 12.7 Å². The first-order valence-electron chi connectivity index (χ1n) is 11.7. The maximum absolute atomic E-state index is 13.0. The minimum absolute atomic E-state index is 0.00612. The highest BCUT2D eigenvalue weighted by atomic mass is 16.5. The van der Waals surface area contributed by atoms with Crippen molar-refractivity contribution in [2.45, 2.75) is 38.3 Å². The Morgan fingerprint density at radius 1 is 1.09 bits per heavy atom. The molecule has 2 amide bonds. The molecule has 9 heteroatoms. The summed E-state index contributed by atoms with van der Waals surface area (Å²) in [5, 5.41) is 16.2. The molecule has 3 aromatic rings.